The van der Waals surface area contributed by atoms with Gasteiger partial charge in [0.15, 0.2) is 5.82 Å². The summed E-state index contributed by atoms with van der Waals surface area (Å²) < 4.78 is 10.9. The summed E-state index contributed by atoms with van der Waals surface area (Å²) in [4.78, 5) is 21.3. The molecule has 2 aliphatic heterocycles. The highest BCUT2D eigenvalue weighted by Gasteiger charge is 2.25. The van der Waals surface area contributed by atoms with Crippen LogP contribution in [0.15, 0.2) is 28.8 Å². The average molecular weight is 356 g/mol. The minimum atomic E-state index is 0.0787. The standard InChI is InChI=1S/C19H24N4O3/c1-14-20-18(26-21-14)15-4-6-16(7-5-15)19(24)23-10-8-22(9-11-23)13-17-3-2-12-25-17/h4-7,17H,2-3,8-13H2,1H3. The van der Waals surface area contributed by atoms with E-state index in [1.807, 2.05) is 29.2 Å². The van der Waals surface area contributed by atoms with Crippen molar-refractivity contribution in [2.45, 2.75) is 25.9 Å². The molecule has 2 aliphatic rings. The molecular weight excluding hydrogens is 332 g/mol. The maximum Gasteiger partial charge on any atom is 0.257 e. The molecule has 1 aromatic carbocycles. The van der Waals surface area contributed by atoms with Crippen molar-refractivity contribution < 1.29 is 14.1 Å². The number of carbonyl (C=O) groups excluding carboxylic acids is 1. The smallest absolute Gasteiger partial charge is 0.257 e. The number of aromatic nitrogens is 2. The van der Waals surface area contributed by atoms with Crippen LogP contribution in [0.1, 0.15) is 29.0 Å². The Morgan fingerprint density at radius 3 is 2.58 bits per heavy atom. The molecule has 138 valence electrons. The van der Waals surface area contributed by atoms with Gasteiger partial charge in [-0.1, -0.05) is 5.16 Å². The SMILES string of the molecule is Cc1noc(-c2ccc(C(=O)N3CCN(CC4CCCO4)CC3)cc2)n1. The van der Waals surface area contributed by atoms with Crippen LogP contribution in [0, 0.1) is 6.92 Å². The van der Waals surface area contributed by atoms with Crippen molar-refractivity contribution in [2.24, 2.45) is 0 Å². The molecule has 7 heteroatoms. The highest BCUT2D eigenvalue weighted by molar-refractivity contribution is 5.94. The van der Waals surface area contributed by atoms with Crippen molar-refractivity contribution in [1.82, 2.24) is 19.9 Å². The second-order valence-corrected chi connectivity index (χ2v) is 6.95. The van der Waals surface area contributed by atoms with E-state index in [-0.39, 0.29) is 5.91 Å². The molecule has 0 saturated carbocycles. The van der Waals surface area contributed by atoms with Gasteiger partial charge in [0, 0.05) is 50.5 Å². The highest BCUT2D eigenvalue weighted by Crippen LogP contribution is 2.19. The maximum atomic E-state index is 12.7. The molecule has 3 heterocycles. The number of hydrogen-bond donors (Lipinski definition) is 0. The maximum absolute atomic E-state index is 12.7. The monoisotopic (exact) mass is 356 g/mol. The van der Waals surface area contributed by atoms with Gasteiger partial charge in [-0.2, -0.15) is 4.98 Å². The zero-order chi connectivity index (χ0) is 17.9. The van der Waals surface area contributed by atoms with Gasteiger partial charge in [0.2, 0.25) is 0 Å². The molecule has 0 N–H and O–H groups in total. The Hall–Kier alpha value is -2.25. The Labute approximate surface area is 152 Å². The Kier molecular flexibility index (Phi) is 4.99. The van der Waals surface area contributed by atoms with Crippen molar-refractivity contribution in [3.05, 3.63) is 35.7 Å². The topological polar surface area (TPSA) is 71.7 Å². The van der Waals surface area contributed by atoms with Crippen LogP contribution in [0.2, 0.25) is 0 Å². The van der Waals surface area contributed by atoms with Crippen LogP contribution in [0.25, 0.3) is 11.5 Å². The second kappa shape index (κ2) is 7.55. The number of aryl methyl sites for hydroxylation is 1. The molecule has 1 unspecified atom stereocenters. The lowest BCUT2D eigenvalue weighted by Crippen LogP contribution is -2.50. The zero-order valence-electron chi connectivity index (χ0n) is 15.1. The molecule has 7 nitrogen and oxygen atoms in total. The summed E-state index contributed by atoms with van der Waals surface area (Å²) in [5.41, 5.74) is 1.51. The minimum Gasteiger partial charge on any atom is -0.377 e. The molecule has 0 radical (unpaired) electrons. The van der Waals surface area contributed by atoms with Crippen molar-refractivity contribution >= 4 is 5.91 Å². The number of benzene rings is 1. The molecule has 0 spiro atoms. The van der Waals surface area contributed by atoms with E-state index in [2.05, 4.69) is 15.0 Å². The van der Waals surface area contributed by atoms with Crippen LogP contribution in [-0.4, -0.2) is 71.3 Å². The van der Waals surface area contributed by atoms with Crippen LogP contribution < -0.4 is 0 Å². The lowest BCUT2D eigenvalue weighted by Gasteiger charge is -2.35. The Bertz CT molecular complexity index is 744. The first-order valence-electron chi connectivity index (χ1n) is 9.23. The lowest BCUT2D eigenvalue weighted by atomic mass is 10.1. The Morgan fingerprint density at radius 1 is 1.19 bits per heavy atom. The summed E-state index contributed by atoms with van der Waals surface area (Å²) in [5.74, 6) is 1.15. The summed E-state index contributed by atoms with van der Waals surface area (Å²) in [6.07, 6.45) is 2.70. The van der Waals surface area contributed by atoms with E-state index in [0.29, 0.717) is 23.4 Å². The predicted octanol–water partition coefficient (Wildman–Crippen LogP) is 1.98. The predicted molar refractivity (Wildman–Crippen MR) is 95.8 cm³/mol. The molecular formula is C19H24N4O3. The van der Waals surface area contributed by atoms with Gasteiger partial charge >= 0.3 is 0 Å². The molecule has 0 bridgehead atoms. The Morgan fingerprint density at radius 2 is 1.96 bits per heavy atom. The third-order valence-electron chi connectivity index (χ3n) is 5.05. The molecule has 0 aliphatic carbocycles. The number of piperazine rings is 1. The van der Waals surface area contributed by atoms with Gasteiger partial charge in [0.05, 0.1) is 6.10 Å². The number of ether oxygens (including phenoxy) is 1. The van der Waals surface area contributed by atoms with E-state index >= 15 is 0 Å². The lowest BCUT2D eigenvalue weighted by molar-refractivity contribution is 0.0433. The fourth-order valence-electron chi connectivity index (χ4n) is 3.56. The summed E-state index contributed by atoms with van der Waals surface area (Å²) in [7, 11) is 0. The van der Waals surface area contributed by atoms with Gasteiger partial charge < -0.3 is 14.2 Å². The van der Waals surface area contributed by atoms with E-state index in [9.17, 15) is 4.79 Å². The average Bonchev–Trinajstić information content (AvgIpc) is 3.34. The minimum absolute atomic E-state index is 0.0787. The quantitative estimate of drug-likeness (QED) is 0.834. The van der Waals surface area contributed by atoms with Crippen LogP contribution >= 0.6 is 0 Å². The molecule has 2 fully saturated rings. The van der Waals surface area contributed by atoms with Crippen molar-refractivity contribution in [3.8, 4) is 11.5 Å². The van der Waals surface area contributed by atoms with Crippen LogP contribution in [-0.2, 0) is 4.74 Å². The number of rotatable bonds is 4. The third-order valence-corrected chi connectivity index (χ3v) is 5.05. The van der Waals surface area contributed by atoms with Gasteiger partial charge in [-0.3, -0.25) is 9.69 Å². The first-order chi connectivity index (χ1) is 12.7. The normalized spacial score (nSPS) is 21.3. The fourth-order valence-corrected chi connectivity index (χ4v) is 3.56. The zero-order valence-corrected chi connectivity index (χ0v) is 15.1. The molecule has 2 aromatic rings. The van der Waals surface area contributed by atoms with E-state index in [4.69, 9.17) is 9.26 Å². The fraction of sp³-hybridized carbons (Fsp3) is 0.526. The largest absolute Gasteiger partial charge is 0.377 e. The number of nitrogens with zero attached hydrogens (tertiary/aromatic N) is 4. The second-order valence-electron chi connectivity index (χ2n) is 6.95. The molecule has 1 amide bonds. The van der Waals surface area contributed by atoms with Gasteiger partial charge in [0.25, 0.3) is 11.8 Å². The number of amides is 1. The molecule has 4 rings (SSSR count). The van der Waals surface area contributed by atoms with Crippen molar-refractivity contribution in [1.29, 1.82) is 0 Å². The van der Waals surface area contributed by atoms with Crippen LogP contribution in [0.5, 0.6) is 0 Å². The summed E-state index contributed by atoms with van der Waals surface area (Å²) >= 11 is 0. The van der Waals surface area contributed by atoms with Crippen LogP contribution in [0.4, 0.5) is 0 Å². The number of hydrogen-bond acceptors (Lipinski definition) is 6. The molecule has 26 heavy (non-hydrogen) atoms. The van der Waals surface area contributed by atoms with Crippen molar-refractivity contribution in [3.63, 3.8) is 0 Å². The molecule has 2 saturated heterocycles. The first-order valence-corrected chi connectivity index (χ1v) is 9.23. The van der Waals surface area contributed by atoms with E-state index in [1.165, 1.54) is 6.42 Å². The summed E-state index contributed by atoms with van der Waals surface area (Å²) in [5, 5.41) is 3.79. The van der Waals surface area contributed by atoms with Gasteiger partial charge in [0.1, 0.15) is 0 Å². The number of carbonyl (C=O) groups is 1. The Balaban J connectivity index is 1.33. The van der Waals surface area contributed by atoms with E-state index in [0.717, 1.165) is 51.3 Å². The summed E-state index contributed by atoms with van der Waals surface area (Å²) in [6, 6.07) is 7.37. The van der Waals surface area contributed by atoms with Gasteiger partial charge in [-0.15, -0.1) is 0 Å². The molecule has 1 atom stereocenters. The van der Waals surface area contributed by atoms with Crippen LogP contribution in [0.3, 0.4) is 0 Å². The van der Waals surface area contributed by atoms with Gasteiger partial charge in [-0.05, 0) is 44.0 Å². The van der Waals surface area contributed by atoms with E-state index < -0.39 is 0 Å². The van der Waals surface area contributed by atoms with Crippen molar-refractivity contribution in [2.75, 3.05) is 39.3 Å². The third kappa shape index (κ3) is 3.78. The first kappa shape index (κ1) is 17.2. The summed E-state index contributed by atoms with van der Waals surface area (Å²) in [6.45, 7) is 6.99. The van der Waals surface area contributed by atoms with E-state index in [1.54, 1.807) is 6.92 Å². The van der Waals surface area contributed by atoms with Gasteiger partial charge in [-0.25, -0.2) is 0 Å². The highest BCUT2D eigenvalue weighted by atomic mass is 16.5. The molecule has 1 aromatic heterocycles.